The number of non-ortho nitro benzene ring substituents is 1. The maximum atomic E-state index is 13.9. The molecule has 4 aromatic rings. The maximum Gasteiger partial charge on any atom is 0.308 e. The maximum absolute atomic E-state index is 13.9. The van der Waals surface area contributed by atoms with Gasteiger partial charge in [-0.15, -0.1) is 0 Å². The van der Waals surface area contributed by atoms with E-state index in [9.17, 15) is 33.7 Å². The number of halogens is 2. The number of aromatic nitrogens is 1. The minimum atomic E-state index is -0.963. The van der Waals surface area contributed by atoms with E-state index < -0.39 is 50.4 Å². The molecule has 10 nitrogen and oxygen atoms in total. The van der Waals surface area contributed by atoms with E-state index in [2.05, 4.69) is 5.32 Å². The molecule has 0 spiro atoms. The highest BCUT2D eigenvalue weighted by molar-refractivity contribution is 8.00. The Morgan fingerprint density at radius 1 is 0.976 bits per heavy atom. The topological polar surface area (TPSA) is 132 Å². The van der Waals surface area contributed by atoms with Crippen molar-refractivity contribution in [3.8, 4) is 0 Å². The van der Waals surface area contributed by atoms with E-state index in [0.717, 1.165) is 28.0 Å². The van der Waals surface area contributed by atoms with E-state index in [1.54, 1.807) is 24.3 Å². The fraction of sp³-hybridized carbons (Fsp3) is 0.143. The summed E-state index contributed by atoms with van der Waals surface area (Å²) in [5.41, 5.74) is 0.982. The first-order chi connectivity index (χ1) is 20.1. The van der Waals surface area contributed by atoms with Crippen LogP contribution < -0.4 is 15.1 Å². The average molecular weight is 625 g/mol. The number of anilines is 2. The van der Waals surface area contributed by atoms with Crippen LogP contribution in [0.15, 0.2) is 82.6 Å². The third kappa shape index (κ3) is 4.89. The van der Waals surface area contributed by atoms with E-state index in [0.29, 0.717) is 26.2 Å². The third-order valence-corrected chi connectivity index (χ3v) is 9.88. The molecule has 2 aliphatic rings. The summed E-state index contributed by atoms with van der Waals surface area (Å²) in [5.74, 6) is -3.79. The molecular weight excluding hydrogens is 607 g/mol. The molecule has 3 atom stereocenters. The lowest BCUT2D eigenvalue weighted by Crippen LogP contribution is -2.33. The number of rotatable bonds is 6. The number of hydrogen-bond donors (Lipinski definition) is 1. The number of carbonyl (C=O) groups is 3. The predicted molar refractivity (Wildman–Crippen MR) is 156 cm³/mol. The lowest BCUT2D eigenvalue weighted by atomic mass is 9.83. The van der Waals surface area contributed by atoms with Gasteiger partial charge in [0.25, 0.3) is 5.69 Å². The average Bonchev–Trinajstić information content (AvgIpc) is 3.41. The van der Waals surface area contributed by atoms with Gasteiger partial charge in [-0.1, -0.05) is 46.8 Å². The van der Waals surface area contributed by atoms with Crippen molar-refractivity contribution in [2.75, 3.05) is 10.2 Å². The minimum absolute atomic E-state index is 0.173. The van der Waals surface area contributed by atoms with Gasteiger partial charge >= 0.3 is 4.87 Å². The van der Waals surface area contributed by atoms with Crippen molar-refractivity contribution >= 4 is 69.5 Å². The molecule has 1 aromatic heterocycles. The van der Waals surface area contributed by atoms with E-state index in [1.165, 1.54) is 53.1 Å². The molecule has 3 amide bonds. The number of fused-ring (bicyclic) bond motifs is 2. The smallest absolute Gasteiger partial charge is 0.308 e. The fourth-order valence-electron chi connectivity index (χ4n) is 5.14. The Labute approximate surface area is 249 Å². The SMILES string of the molecule is O=C(Cn1c2c(sc1=O)[C@@H](c1ccc(F)cc1)[C@H]1C(=O)N(c3ccc([N+](=O)[O-])cc3)C(=O)[C@H]1S2)Nc1ccc(Cl)cc1. The number of benzene rings is 3. The van der Waals surface area contributed by atoms with Gasteiger partial charge < -0.3 is 5.32 Å². The van der Waals surface area contributed by atoms with Gasteiger partial charge in [0.1, 0.15) is 17.6 Å². The number of hydrogen-bond acceptors (Lipinski definition) is 8. The molecule has 1 fully saturated rings. The summed E-state index contributed by atoms with van der Waals surface area (Å²) in [5, 5.41) is 13.7. The van der Waals surface area contributed by atoms with Crippen LogP contribution in [-0.4, -0.2) is 32.5 Å². The molecule has 1 saturated heterocycles. The van der Waals surface area contributed by atoms with Crippen LogP contribution in [0.25, 0.3) is 0 Å². The summed E-state index contributed by atoms with van der Waals surface area (Å²) in [6.07, 6.45) is 0. The first kappa shape index (κ1) is 27.8. The fourth-order valence-corrected chi connectivity index (χ4v) is 8.04. The molecule has 3 aromatic carbocycles. The Hall–Kier alpha value is -4.33. The number of imide groups is 1. The van der Waals surface area contributed by atoms with Gasteiger partial charge in [-0.25, -0.2) is 9.29 Å². The quantitative estimate of drug-likeness (QED) is 0.180. The van der Waals surface area contributed by atoms with Crippen molar-refractivity contribution in [2.24, 2.45) is 5.92 Å². The second kappa shape index (κ2) is 10.8. The highest BCUT2D eigenvalue weighted by atomic mass is 35.5. The van der Waals surface area contributed by atoms with Crippen LogP contribution in [0.3, 0.4) is 0 Å². The molecular formula is C28H18ClFN4O6S2. The molecule has 2 aliphatic heterocycles. The highest BCUT2D eigenvalue weighted by Gasteiger charge is 2.56. The number of nitro benzene ring substituents is 1. The second-order valence-electron chi connectivity index (χ2n) is 9.56. The lowest BCUT2D eigenvalue weighted by molar-refractivity contribution is -0.384. The van der Waals surface area contributed by atoms with Gasteiger partial charge in [-0.2, -0.15) is 0 Å². The van der Waals surface area contributed by atoms with Crippen LogP contribution >= 0.6 is 34.7 Å². The predicted octanol–water partition coefficient (Wildman–Crippen LogP) is 5.05. The normalized spacial score (nSPS) is 19.4. The molecule has 14 heteroatoms. The Morgan fingerprint density at radius 3 is 2.29 bits per heavy atom. The zero-order valence-electron chi connectivity index (χ0n) is 21.2. The van der Waals surface area contributed by atoms with Gasteiger partial charge in [0.15, 0.2) is 0 Å². The van der Waals surface area contributed by atoms with E-state index in [-0.39, 0.29) is 17.9 Å². The Morgan fingerprint density at radius 2 is 1.64 bits per heavy atom. The second-order valence-corrected chi connectivity index (χ2v) is 12.1. The number of carbonyl (C=O) groups excluding carboxylic acids is 3. The van der Waals surface area contributed by atoms with E-state index in [1.807, 2.05) is 0 Å². The Bertz CT molecular complexity index is 1810. The summed E-state index contributed by atoms with van der Waals surface area (Å²) < 4.78 is 15.1. The van der Waals surface area contributed by atoms with Crippen LogP contribution in [-0.2, 0) is 20.9 Å². The summed E-state index contributed by atoms with van der Waals surface area (Å²) in [4.78, 5) is 65.3. The molecule has 1 N–H and O–H groups in total. The van der Waals surface area contributed by atoms with E-state index in [4.69, 9.17) is 11.6 Å². The van der Waals surface area contributed by atoms with E-state index >= 15 is 0 Å². The first-order valence-corrected chi connectivity index (χ1v) is 14.5. The minimum Gasteiger partial charge on any atom is -0.325 e. The molecule has 212 valence electrons. The number of amides is 3. The highest BCUT2D eigenvalue weighted by Crippen LogP contribution is 2.53. The molecule has 0 saturated carbocycles. The van der Waals surface area contributed by atoms with Crippen molar-refractivity contribution < 1.29 is 23.7 Å². The zero-order valence-corrected chi connectivity index (χ0v) is 23.6. The number of thioether (sulfide) groups is 1. The van der Waals surface area contributed by atoms with Crippen molar-refractivity contribution in [2.45, 2.75) is 22.7 Å². The third-order valence-electron chi connectivity index (χ3n) is 7.03. The standard InChI is InChI=1S/C28H18ClFN4O6S2/c29-15-3-7-17(8-4-15)31-20(35)13-32-27-24(42-28(32)38)21(14-1-5-16(30)6-2-14)22-23(41-27)26(37)33(25(22)36)18-9-11-19(12-10-18)34(39)40/h1-12,21-23H,13H2,(H,31,35)/t21-,22+,23-/m0/s1. The first-order valence-electron chi connectivity index (χ1n) is 12.5. The number of nitrogens with zero attached hydrogens (tertiary/aromatic N) is 3. The number of nitrogens with one attached hydrogen (secondary N) is 1. The van der Waals surface area contributed by atoms with Gasteiger partial charge in [0.2, 0.25) is 17.7 Å². The monoisotopic (exact) mass is 624 g/mol. The molecule has 6 rings (SSSR count). The van der Waals surface area contributed by atoms with Gasteiger partial charge in [-0.05, 0) is 54.1 Å². The van der Waals surface area contributed by atoms with Gasteiger partial charge in [0.05, 0.1) is 21.6 Å². The molecule has 0 bridgehead atoms. The number of nitro groups is 1. The van der Waals surface area contributed by atoms with Crippen molar-refractivity contribution in [1.29, 1.82) is 0 Å². The van der Waals surface area contributed by atoms with Crippen LogP contribution in [0.2, 0.25) is 5.02 Å². The van der Waals surface area contributed by atoms with Crippen LogP contribution in [0.1, 0.15) is 16.4 Å². The van der Waals surface area contributed by atoms with Crippen LogP contribution in [0, 0.1) is 21.8 Å². The van der Waals surface area contributed by atoms with Crippen molar-refractivity contribution in [1.82, 2.24) is 4.57 Å². The summed E-state index contributed by atoms with van der Waals surface area (Å²) in [6, 6.07) is 17.0. The molecule has 0 aliphatic carbocycles. The summed E-state index contributed by atoms with van der Waals surface area (Å²) in [7, 11) is 0. The number of thiazole rings is 1. The molecule has 0 radical (unpaired) electrons. The Kier molecular flexibility index (Phi) is 7.17. The summed E-state index contributed by atoms with van der Waals surface area (Å²) >= 11 is 7.80. The van der Waals surface area contributed by atoms with Gasteiger partial charge in [0, 0.05) is 33.6 Å². The summed E-state index contributed by atoms with van der Waals surface area (Å²) in [6.45, 7) is -0.345. The Balaban J connectivity index is 1.39. The van der Waals surface area contributed by atoms with Gasteiger partial charge in [-0.3, -0.25) is 33.9 Å². The molecule has 3 heterocycles. The van der Waals surface area contributed by atoms with Crippen molar-refractivity contribution in [3.05, 3.63) is 114 Å². The van der Waals surface area contributed by atoms with Crippen molar-refractivity contribution in [3.63, 3.8) is 0 Å². The lowest BCUT2D eigenvalue weighted by Gasteiger charge is -2.30. The largest absolute Gasteiger partial charge is 0.325 e. The van der Waals surface area contributed by atoms with Crippen LogP contribution in [0.5, 0.6) is 0 Å². The molecule has 42 heavy (non-hydrogen) atoms. The van der Waals surface area contributed by atoms with Crippen LogP contribution in [0.4, 0.5) is 21.5 Å². The molecule has 0 unspecified atom stereocenters. The zero-order chi connectivity index (χ0) is 29.7.